The van der Waals surface area contributed by atoms with Crippen molar-refractivity contribution >= 4 is 9.84 Å². The molecule has 0 spiro atoms. The van der Waals surface area contributed by atoms with E-state index in [1.165, 1.54) is 12.1 Å². The lowest BCUT2D eigenvalue weighted by Gasteiger charge is -2.21. The summed E-state index contributed by atoms with van der Waals surface area (Å²) in [5.41, 5.74) is 6.07. The number of benzene rings is 1. The van der Waals surface area contributed by atoms with Gasteiger partial charge in [0.25, 0.3) is 0 Å². The van der Waals surface area contributed by atoms with Crippen molar-refractivity contribution in [2.24, 2.45) is 5.73 Å². The normalized spacial score (nSPS) is 15.8. The zero-order chi connectivity index (χ0) is 12.3. The van der Waals surface area contributed by atoms with Gasteiger partial charge in [-0.1, -0.05) is 25.1 Å². The average Bonchev–Trinajstić information content (AvgIpc) is 2.17. The number of hydrogen-bond donors (Lipinski definition) is 1. The molecule has 0 aliphatic rings. The zero-order valence-electron chi connectivity index (χ0n) is 9.35. The van der Waals surface area contributed by atoms with Crippen molar-refractivity contribution in [1.29, 1.82) is 0 Å². The van der Waals surface area contributed by atoms with Gasteiger partial charge in [0.2, 0.25) is 0 Å². The van der Waals surface area contributed by atoms with E-state index in [0.717, 1.165) is 6.26 Å². The minimum atomic E-state index is -3.27. The predicted molar refractivity (Wildman–Crippen MR) is 62.3 cm³/mol. The van der Waals surface area contributed by atoms with E-state index in [0.29, 0.717) is 6.42 Å². The lowest BCUT2D eigenvalue weighted by Crippen LogP contribution is -2.33. The molecule has 0 radical (unpaired) electrons. The molecule has 0 heterocycles. The van der Waals surface area contributed by atoms with Crippen LogP contribution in [0, 0.1) is 5.82 Å². The Kier molecular flexibility index (Phi) is 4.04. The van der Waals surface area contributed by atoms with Gasteiger partial charge in [-0.3, -0.25) is 0 Å². The van der Waals surface area contributed by atoms with Crippen molar-refractivity contribution < 1.29 is 12.8 Å². The maximum absolute atomic E-state index is 13.5. The minimum Gasteiger partial charge on any atom is -0.323 e. The maximum Gasteiger partial charge on any atom is 0.152 e. The molecule has 5 heteroatoms. The summed E-state index contributed by atoms with van der Waals surface area (Å²) >= 11 is 0. The van der Waals surface area contributed by atoms with Crippen molar-refractivity contribution in [1.82, 2.24) is 0 Å². The smallest absolute Gasteiger partial charge is 0.152 e. The summed E-state index contributed by atoms with van der Waals surface area (Å²) in [5.74, 6) is -0.461. The Balaban J connectivity index is 3.10. The van der Waals surface area contributed by atoms with E-state index in [2.05, 4.69) is 0 Å². The molecule has 0 saturated carbocycles. The van der Waals surface area contributed by atoms with Gasteiger partial charge in [0.1, 0.15) is 5.82 Å². The Bertz CT molecular complexity index is 459. The van der Waals surface area contributed by atoms with Crippen LogP contribution in [-0.4, -0.2) is 19.9 Å². The van der Waals surface area contributed by atoms with Gasteiger partial charge in [0.05, 0.1) is 5.25 Å². The van der Waals surface area contributed by atoms with Crippen molar-refractivity contribution in [2.45, 2.75) is 24.6 Å². The Morgan fingerprint density at radius 2 is 1.94 bits per heavy atom. The fourth-order valence-electron chi connectivity index (χ4n) is 1.77. The first kappa shape index (κ1) is 13.1. The van der Waals surface area contributed by atoms with Crippen LogP contribution in [0.3, 0.4) is 0 Å². The van der Waals surface area contributed by atoms with Gasteiger partial charge in [0.15, 0.2) is 9.84 Å². The van der Waals surface area contributed by atoms with Crippen LogP contribution in [0.1, 0.15) is 24.9 Å². The van der Waals surface area contributed by atoms with E-state index in [1.54, 1.807) is 19.1 Å². The number of hydrogen-bond acceptors (Lipinski definition) is 3. The van der Waals surface area contributed by atoms with Crippen LogP contribution in [0.4, 0.5) is 4.39 Å². The third-order valence-corrected chi connectivity index (χ3v) is 4.34. The molecule has 2 N–H and O–H groups in total. The van der Waals surface area contributed by atoms with Crippen LogP contribution in [-0.2, 0) is 9.84 Å². The molecule has 1 rings (SSSR count). The van der Waals surface area contributed by atoms with Gasteiger partial charge < -0.3 is 5.73 Å². The summed E-state index contributed by atoms with van der Waals surface area (Å²) in [6.45, 7) is 1.73. The minimum absolute atomic E-state index is 0.250. The monoisotopic (exact) mass is 245 g/mol. The van der Waals surface area contributed by atoms with Crippen LogP contribution in [0.2, 0.25) is 0 Å². The largest absolute Gasteiger partial charge is 0.323 e. The van der Waals surface area contributed by atoms with Gasteiger partial charge >= 0.3 is 0 Å². The molecular formula is C11H16FNO2S. The summed E-state index contributed by atoms with van der Waals surface area (Å²) < 4.78 is 36.4. The fourth-order valence-corrected chi connectivity index (χ4v) is 3.05. The highest BCUT2D eigenvalue weighted by Gasteiger charge is 2.28. The molecule has 1 aromatic rings. The Hall–Kier alpha value is -0.940. The lowest BCUT2D eigenvalue weighted by molar-refractivity contribution is 0.532. The van der Waals surface area contributed by atoms with Gasteiger partial charge in [-0.25, -0.2) is 12.8 Å². The predicted octanol–water partition coefficient (Wildman–Crippen LogP) is 1.65. The molecule has 0 aromatic heterocycles. The molecule has 0 unspecified atom stereocenters. The van der Waals surface area contributed by atoms with Gasteiger partial charge in [-0.15, -0.1) is 0 Å². The first-order valence-corrected chi connectivity index (χ1v) is 7.02. The standard InChI is InChI=1S/C11H16FNO2S/c1-3-10(16(2,14)15)11(13)8-6-4-5-7-9(8)12/h4-7,10-11H,3,13H2,1-2H3/t10-,11+/m1/s1. The molecule has 3 nitrogen and oxygen atoms in total. The van der Waals surface area contributed by atoms with E-state index in [9.17, 15) is 12.8 Å². The molecule has 0 aliphatic carbocycles. The average molecular weight is 245 g/mol. The summed E-state index contributed by atoms with van der Waals surface area (Å²) in [5, 5.41) is -0.746. The van der Waals surface area contributed by atoms with Gasteiger partial charge in [-0.05, 0) is 12.5 Å². The molecule has 2 atom stereocenters. The first-order chi connectivity index (χ1) is 7.38. The SMILES string of the molecule is CC[C@H]([C@@H](N)c1ccccc1F)S(C)(=O)=O. The summed E-state index contributed by atoms with van der Waals surface area (Å²) in [4.78, 5) is 0. The highest BCUT2D eigenvalue weighted by atomic mass is 32.2. The molecule has 0 bridgehead atoms. The molecule has 0 aliphatic heterocycles. The highest BCUT2D eigenvalue weighted by molar-refractivity contribution is 7.91. The van der Waals surface area contributed by atoms with Crippen molar-refractivity contribution in [3.8, 4) is 0 Å². The van der Waals surface area contributed by atoms with Crippen LogP contribution in [0.25, 0.3) is 0 Å². The second kappa shape index (κ2) is 4.93. The van der Waals surface area contributed by atoms with Crippen molar-refractivity contribution in [2.75, 3.05) is 6.26 Å². The second-order valence-corrected chi connectivity index (χ2v) is 6.09. The molecule has 1 aromatic carbocycles. The topological polar surface area (TPSA) is 60.2 Å². The highest BCUT2D eigenvalue weighted by Crippen LogP contribution is 2.23. The van der Waals surface area contributed by atoms with E-state index < -0.39 is 26.9 Å². The molecule has 0 saturated heterocycles. The third-order valence-electron chi connectivity index (χ3n) is 2.62. The molecule has 16 heavy (non-hydrogen) atoms. The zero-order valence-corrected chi connectivity index (χ0v) is 10.2. The van der Waals surface area contributed by atoms with Gasteiger partial charge in [0, 0.05) is 17.9 Å². The maximum atomic E-state index is 13.5. The Morgan fingerprint density at radius 1 is 1.38 bits per heavy atom. The van der Waals surface area contributed by atoms with E-state index in [1.807, 2.05) is 0 Å². The lowest BCUT2D eigenvalue weighted by atomic mass is 10.0. The van der Waals surface area contributed by atoms with Gasteiger partial charge in [-0.2, -0.15) is 0 Å². The van der Waals surface area contributed by atoms with Crippen molar-refractivity contribution in [3.05, 3.63) is 35.6 Å². The summed E-state index contributed by atoms with van der Waals surface area (Å²) in [6.07, 6.45) is 1.50. The Labute approximate surface area is 95.4 Å². The van der Waals surface area contributed by atoms with Crippen molar-refractivity contribution in [3.63, 3.8) is 0 Å². The van der Waals surface area contributed by atoms with E-state index in [4.69, 9.17) is 5.73 Å². The van der Waals surface area contributed by atoms with Crippen LogP contribution in [0.15, 0.2) is 24.3 Å². The number of sulfone groups is 1. The van der Waals surface area contributed by atoms with E-state index >= 15 is 0 Å². The number of halogens is 1. The number of nitrogens with two attached hydrogens (primary N) is 1. The van der Waals surface area contributed by atoms with Crippen LogP contribution >= 0.6 is 0 Å². The van der Waals surface area contributed by atoms with E-state index in [-0.39, 0.29) is 5.56 Å². The Morgan fingerprint density at radius 3 is 2.38 bits per heavy atom. The summed E-state index contributed by atoms with van der Waals surface area (Å²) in [6, 6.07) is 5.18. The van der Waals surface area contributed by atoms with Crippen LogP contribution < -0.4 is 5.73 Å². The first-order valence-electron chi connectivity index (χ1n) is 5.06. The molecule has 90 valence electrons. The molecular weight excluding hydrogens is 229 g/mol. The third kappa shape index (κ3) is 2.80. The fraction of sp³-hybridized carbons (Fsp3) is 0.455. The number of rotatable bonds is 4. The summed E-state index contributed by atoms with van der Waals surface area (Å²) in [7, 11) is -3.27. The quantitative estimate of drug-likeness (QED) is 0.877. The van der Waals surface area contributed by atoms with Crippen LogP contribution in [0.5, 0.6) is 0 Å². The second-order valence-electron chi connectivity index (χ2n) is 3.82. The molecule has 0 fully saturated rings. The molecule has 0 amide bonds.